The predicted molar refractivity (Wildman–Crippen MR) is 106 cm³/mol. The molecule has 1 aliphatic rings. The summed E-state index contributed by atoms with van der Waals surface area (Å²) in [5.74, 6) is 0.549. The molecule has 2 heterocycles. The molecule has 2 amide bonds. The van der Waals surface area contributed by atoms with Crippen LogP contribution < -0.4 is 10.6 Å². The van der Waals surface area contributed by atoms with E-state index in [2.05, 4.69) is 27.4 Å². The van der Waals surface area contributed by atoms with Gasteiger partial charge < -0.3 is 20.4 Å². The van der Waals surface area contributed by atoms with Crippen LogP contribution in [0, 0.1) is 0 Å². The lowest BCUT2D eigenvalue weighted by molar-refractivity contribution is -0.114. The number of pyridine rings is 1. The van der Waals surface area contributed by atoms with Crippen LogP contribution in [-0.4, -0.2) is 59.3 Å². The monoisotopic (exact) mass is 367 g/mol. The third-order valence-corrected chi connectivity index (χ3v) is 4.57. The number of aromatic nitrogens is 1. The first-order valence-electron chi connectivity index (χ1n) is 9.17. The van der Waals surface area contributed by atoms with Crippen molar-refractivity contribution in [1.29, 1.82) is 0 Å². The summed E-state index contributed by atoms with van der Waals surface area (Å²) in [5, 5.41) is 5.93. The van der Waals surface area contributed by atoms with Crippen LogP contribution in [0.3, 0.4) is 0 Å². The smallest absolute Gasteiger partial charge is 0.255 e. The Bertz CT molecular complexity index is 798. The highest BCUT2D eigenvalue weighted by molar-refractivity contribution is 5.94. The maximum Gasteiger partial charge on any atom is 0.255 e. The highest BCUT2D eigenvalue weighted by atomic mass is 16.2. The van der Waals surface area contributed by atoms with Crippen LogP contribution in [0.5, 0.6) is 0 Å². The summed E-state index contributed by atoms with van der Waals surface area (Å²) in [6.07, 6.45) is 1.61. The first-order chi connectivity index (χ1) is 13.0. The average Bonchev–Trinajstić information content (AvgIpc) is 2.68. The van der Waals surface area contributed by atoms with E-state index in [0.717, 1.165) is 38.4 Å². The standard InChI is InChI=1S/C20H25N5O2/c1-3-24-9-11-25(12-10-24)20(27)16-7-8-19(21-14-16)23-18-6-4-5-17(13-18)22-15(2)26/h4-8,13-14H,3,9-12H2,1-2H3,(H,21,23)(H,22,26). The molecule has 1 aromatic carbocycles. The minimum atomic E-state index is -0.118. The van der Waals surface area contributed by atoms with Crippen molar-refractivity contribution in [1.82, 2.24) is 14.8 Å². The summed E-state index contributed by atoms with van der Waals surface area (Å²) in [6, 6.07) is 11.0. The number of piperazine rings is 1. The van der Waals surface area contributed by atoms with Gasteiger partial charge in [0.1, 0.15) is 5.82 Å². The summed E-state index contributed by atoms with van der Waals surface area (Å²) in [7, 11) is 0. The Kier molecular flexibility index (Phi) is 6.03. The summed E-state index contributed by atoms with van der Waals surface area (Å²) >= 11 is 0. The Hall–Kier alpha value is -2.93. The molecule has 27 heavy (non-hydrogen) atoms. The molecule has 0 unspecified atom stereocenters. The fourth-order valence-corrected chi connectivity index (χ4v) is 3.07. The number of carbonyl (C=O) groups excluding carboxylic acids is 2. The molecule has 7 nitrogen and oxygen atoms in total. The van der Waals surface area contributed by atoms with E-state index in [-0.39, 0.29) is 11.8 Å². The number of carbonyl (C=O) groups is 2. The lowest BCUT2D eigenvalue weighted by Gasteiger charge is -2.34. The van der Waals surface area contributed by atoms with Crippen LogP contribution in [-0.2, 0) is 4.79 Å². The van der Waals surface area contributed by atoms with Gasteiger partial charge >= 0.3 is 0 Å². The second-order valence-corrected chi connectivity index (χ2v) is 6.55. The number of benzene rings is 1. The molecule has 0 atom stereocenters. The van der Waals surface area contributed by atoms with Crippen LogP contribution in [0.15, 0.2) is 42.6 Å². The van der Waals surface area contributed by atoms with Gasteiger partial charge in [-0.15, -0.1) is 0 Å². The molecule has 0 spiro atoms. The molecular weight excluding hydrogens is 342 g/mol. The quantitative estimate of drug-likeness (QED) is 0.849. The molecule has 0 saturated carbocycles. The van der Waals surface area contributed by atoms with Crippen molar-refractivity contribution in [3.63, 3.8) is 0 Å². The summed E-state index contributed by atoms with van der Waals surface area (Å²) in [4.78, 5) is 32.4. The molecule has 1 aromatic heterocycles. The van der Waals surface area contributed by atoms with E-state index in [4.69, 9.17) is 0 Å². The molecule has 2 N–H and O–H groups in total. The number of nitrogens with zero attached hydrogens (tertiary/aromatic N) is 3. The van der Waals surface area contributed by atoms with Gasteiger partial charge in [0.2, 0.25) is 5.91 Å². The van der Waals surface area contributed by atoms with Crippen molar-refractivity contribution in [2.45, 2.75) is 13.8 Å². The van der Waals surface area contributed by atoms with Crippen LogP contribution >= 0.6 is 0 Å². The second kappa shape index (κ2) is 8.64. The van der Waals surface area contributed by atoms with Crippen molar-refractivity contribution < 1.29 is 9.59 Å². The lowest BCUT2D eigenvalue weighted by Crippen LogP contribution is -2.48. The van der Waals surface area contributed by atoms with Crippen molar-refractivity contribution in [2.24, 2.45) is 0 Å². The molecule has 1 saturated heterocycles. The van der Waals surface area contributed by atoms with Gasteiger partial charge in [0, 0.05) is 50.7 Å². The molecule has 0 radical (unpaired) electrons. The Morgan fingerprint density at radius 2 is 1.81 bits per heavy atom. The van der Waals surface area contributed by atoms with Crippen LogP contribution in [0.2, 0.25) is 0 Å². The van der Waals surface area contributed by atoms with E-state index in [1.165, 1.54) is 6.92 Å². The molecule has 0 aliphatic carbocycles. The van der Waals surface area contributed by atoms with Gasteiger partial charge in [-0.1, -0.05) is 13.0 Å². The first-order valence-corrected chi connectivity index (χ1v) is 9.17. The minimum Gasteiger partial charge on any atom is -0.340 e. The topological polar surface area (TPSA) is 77.6 Å². The molecule has 7 heteroatoms. The van der Waals surface area contributed by atoms with Gasteiger partial charge in [0.05, 0.1) is 5.56 Å². The molecule has 0 bridgehead atoms. The van der Waals surface area contributed by atoms with Crippen molar-refractivity contribution in [3.05, 3.63) is 48.2 Å². The number of likely N-dealkylation sites (N-methyl/N-ethyl adjacent to an activating group) is 1. The molecule has 142 valence electrons. The first kappa shape index (κ1) is 18.8. The van der Waals surface area contributed by atoms with Gasteiger partial charge in [-0.25, -0.2) is 4.98 Å². The maximum atomic E-state index is 12.6. The van der Waals surface area contributed by atoms with Crippen molar-refractivity contribution in [2.75, 3.05) is 43.4 Å². The van der Waals surface area contributed by atoms with Gasteiger partial charge in [-0.2, -0.15) is 0 Å². The molecule has 3 rings (SSSR count). The normalized spacial score (nSPS) is 14.7. The number of nitrogens with one attached hydrogen (secondary N) is 2. The fourth-order valence-electron chi connectivity index (χ4n) is 3.07. The number of anilines is 3. The van der Waals surface area contributed by atoms with Crippen LogP contribution in [0.25, 0.3) is 0 Å². The minimum absolute atomic E-state index is 0.0254. The third-order valence-electron chi connectivity index (χ3n) is 4.57. The summed E-state index contributed by atoms with van der Waals surface area (Å²) in [5.41, 5.74) is 2.12. The van der Waals surface area contributed by atoms with Crippen LogP contribution in [0.4, 0.5) is 17.2 Å². The number of rotatable bonds is 5. The summed E-state index contributed by atoms with van der Waals surface area (Å²) in [6.45, 7) is 7.97. The zero-order chi connectivity index (χ0) is 19.2. The fraction of sp³-hybridized carbons (Fsp3) is 0.350. The van der Waals surface area contributed by atoms with Gasteiger partial charge in [-0.3, -0.25) is 9.59 Å². The Morgan fingerprint density at radius 1 is 1.07 bits per heavy atom. The molecule has 1 aliphatic heterocycles. The number of hydrogen-bond donors (Lipinski definition) is 2. The van der Waals surface area contributed by atoms with E-state index in [0.29, 0.717) is 17.1 Å². The molecule has 1 fully saturated rings. The lowest BCUT2D eigenvalue weighted by atomic mass is 10.2. The highest BCUT2D eigenvalue weighted by Gasteiger charge is 2.21. The summed E-state index contributed by atoms with van der Waals surface area (Å²) < 4.78 is 0. The molecule has 2 aromatic rings. The van der Waals surface area contributed by atoms with E-state index in [1.807, 2.05) is 29.2 Å². The van der Waals surface area contributed by atoms with Gasteiger partial charge in [0.25, 0.3) is 5.91 Å². The van der Waals surface area contributed by atoms with Crippen molar-refractivity contribution in [3.8, 4) is 0 Å². The van der Waals surface area contributed by atoms with E-state index >= 15 is 0 Å². The highest BCUT2D eigenvalue weighted by Crippen LogP contribution is 2.19. The van der Waals surface area contributed by atoms with Gasteiger partial charge in [0.15, 0.2) is 0 Å². The third kappa shape index (κ3) is 5.04. The number of hydrogen-bond acceptors (Lipinski definition) is 5. The largest absolute Gasteiger partial charge is 0.340 e. The average molecular weight is 367 g/mol. The maximum absolute atomic E-state index is 12.6. The second-order valence-electron chi connectivity index (χ2n) is 6.55. The van der Waals surface area contributed by atoms with Gasteiger partial charge in [-0.05, 0) is 36.9 Å². The molecular formula is C20H25N5O2. The SMILES string of the molecule is CCN1CCN(C(=O)c2ccc(Nc3cccc(NC(C)=O)c3)nc2)CC1. The van der Waals surface area contributed by atoms with Crippen molar-refractivity contribution >= 4 is 29.0 Å². The van der Waals surface area contributed by atoms with E-state index < -0.39 is 0 Å². The zero-order valence-corrected chi connectivity index (χ0v) is 15.7. The zero-order valence-electron chi connectivity index (χ0n) is 15.7. The Morgan fingerprint density at radius 3 is 2.44 bits per heavy atom. The van der Waals surface area contributed by atoms with E-state index in [1.54, 1.807) is 18.3 Å². The Labute approximate surface area is 159 Å². The van der Waals surface area contributed by atoms with E-state index in [9.17, 15) is 9.59 Å². The number of amides is 2. The predicted octanol–water partition coefficient (Wildman–Crippen LogP) is 2.56. The van der Waals surface area contributed by atoms with Crippen LogP contribution in [0.1, 0.15) is 24.2 Å². The Balaban J connectivity index is 1.62.